The normalized spacial score (nSPS) is 15.7. The van der Waals surface area contributed by atoms with Crippen LogP contribution in [0, 0.1) is 0 Å². The van der Waals surface area contributed by atoms with Crippen molar-refractivity contribution in [1.82, 2.24) is 0 Å². The molecule has 0 unspecified atom stereocenters. The Labute approximate surface area is 285 Å². The molecule has 0 radical (unpaired) electrons. The van der Waals surface area contributed by atoms with Crippen molar-refractivity contribution in [3.8, 4) is 23.0 Å². The number of hydrogen-bond acceptors (Lipinski definition) is 8. The quantitative estimate of drug-likeness (QED) is 0.128. The zero-order valence-corrected chi connectivity index (χ0v) is 29.9. The molecule has 0 saturated heterocycles. The Morgan fingerprint density at radius 3 is 0.891 bits per heavy atom. The molecule has 46 heavy (non-hydrogen) atoms. The molecule has 0 atom stereocenters. The number of fused-ring (bicyclic) bond motifs is 8. The topological polar surface area (TPSA) is 71.1 Å². The van der Waals surface area contributed by atoms with Gasteiger partial charge in [-0.15, -0.1) is 0 Å². The van der Waals surface area contributed by atoms with Crippen molar-refractivity contribution in [1.29, 1.82) is 0 Å². The van der Waals surface area contributed by atoms with Crippen LogP contribution < -0.4 is 18.9 Å². The first-order valence-electron chi connectivity index (χ1n) is 15.7. The molecule has 0 N–H and O–H groups in total. The van der Waals surface area contributed by atoms with Crippen molar-refractivity contribution < 1.29 is 27.4 Å². The van der Waals surface area contributed by atoms with Crippen LogP contribution in [0.4, 0.5) is 0 Å². The van der Waals surface area contributed by atoms with E-state index < -0.39 is 21.6 Å². The first-order valence-corrected chi connectivity index (χ1v) is 19.7. The van der Waals surface area contributed by atoms with Crippen LogP contribution in [0.3, 0.4) is 0 Å². The van der Waals surface area contributed by atoms with Gasteiger partial charge in [0.15, 0.2) is 0 Å². The highest BCUT2D eigenvalue weighted by Gasteiger charge is 2.27. The Kier molecular flexibility index (Phi) is 12.5. The van der Waals surface area contributed by atoms with Crippen LogP contribution in [0.1, 0.15) is 53.4 Å². The van der Waals surface area contributed by atoms with Gasteiger partial charge in [-0.05, 0) is 74.2 Å². The van der Waals surface area contributed by atoms with E-state index in [4.69, 9.17) is 18.9 Å². The van der Waals surface area contributed by atoms with Crippen LogP contribution in [0.5, 0.6) is 23.0 Å². The maximum absolute atomic E-state index is 14.6. The molecule has 6 nitrogen and oxygen atoms in total. The predicted octanol–water partition coefficient (Wildman–Crippen LogP) is 9.79. The summed E-state index contributed by atoms with van der Waals surface area (Å²) >= 11 is 2.92. The van der Waals surface area contributed by atoms with Crippen LogP contribution in [-0.2, 0) is 21.6 Å². The van der Waals surface area contributed by atoms with Gasteiger partial charge in [-0.25, -0.2) is 8.42 Å². The highest BCUT2D eigenvalue weighted by Crippen LogP contribution is 2.49. The highest BCUT2D eigenvalue weighted by molar-refractivity contribution is 8.00. The second kappa shape index (κ2) is 16.8. The maximum Gasteiger partial charge on any atom is 0.149 e. The summed E-state index contributed by atoms with van der Waals surface area (Å²) in [6.45, 7) is 10.1. The van der Waals surface area contributed by atoms with Gasteiger partial charge in [0.1, 0.15) is 23.0 Å². The molecule has 4 aromatic carbocycles. The molecule has 0 spiro atoms. The molecule has 5 rings (SSSR count). The lowest BCUT2D eigenvalue weighted by Gasteiger charge is -2.21. The fourth-order valence-electron chi connectivity index (χ4n) is 4.75. The van der Waals surface area contributed by atoms with Crippen molar-refractivity contribution >= 4 is 45.1 Å². The molecule has 0 fully saturated rings. The van der Waals surface area contributed by atoms with Crippen molar-refractivity contribution in [3.05, 3.63) is 72.8 Å². The van der Waals surface area contributed by atoms with Crippen molar-refractivity contribution in [2.45, 2.75) is 92.5 Å². The van der Waals surface area contributed by atoms with Crippen molar-refractivity contribution in [2.75, 3.05) is 26.4 Å². The number of benzene rings is 4. The van der Waals surface area contributed by atoms with Crippen LogP contribution >= 0.6 is 23.5 Å². The number of ether oxygens (including phenoxy) is 4. The smallest absolute Gasteiger partial charge is 0.149 e. The Balaban J connectivity index is 1.82. The zero-order chi connectivity index (χ0) is 32.5. The molecule has 1 heterocycles. The lowest BCUT2D eigenvalue weighted by atomic mass is 10.3. The van der Waals surface area contributed by atoms with Crippen LogP contribution in [0.2, 0.25) is 0 Å². The third kappa shape index (κ3) is 7.62. The first kappa shape index (κ1) is 34.4. The van der Waals surface area contributed by atoms with E-state index in [1.54, 1.807) is 0 Å². The van der Waals surface area contributed by atoms with Gasteiger partial charge in [-0.3, -0.25) is 0 Å². The summed E-state index contributed by atoms with van der Waals surface area (Å²) in [5, 5.41) is 0. The summed E-state index contributed by atoms with van der Waals surface area (Å²) in [5.74, 6) is 2.25. The minimum absolute atomic E-state index is 0.468. The number of hydrogen-bond donors (Lipinski definition) is 0. The van der Waals surface area contributed by atoms with Gasteiger partial charge in [-0.2, -0.15) is 0 Å². The SMILES string of the molecule is CCCOc1c2cccc1S(=O)c1cccc(c1OCCC)Sc1cccc(c1OCCC)S(=O)c1cccc(c1OCCC)S2. The molecule has 1 aliphatic heterocycles. The van der Waals surface area contributed by atoms with E-state index in [2.05, 4.69) is 0 Å². The van der Waals surface area contributed by atoms with E-state index in [-0.39, 0.29) is 0 Å². The summed E-state index contributed by atoms with van der Waals surface area (Å²) in [7, 11) is -3.24. The third-order valence-corrected chi connectivity index (χ3v) is 11.9. The third-order valence-electron chi connectivity index (χ3n) is 6.81. The Hall–Kier alpha value is -2.92. The summed E-state index contributed by atoms with van der Waals surface area (Å²) < 4.78 is 54.6. The summed E-state index contributed by atoms with van der Waals surface area (Å²) in [6, 6.07) is 22.9. The Morgan fingerprint density at radius 1 is 0.435 bits per heavy atom. The van der Waals surface area contributed by atoms with Gasteiger partial charge in [0.25, 0.3) is 0 Å². The summed E-state index contributed by atoms with van der Waals surface area (Å²) in [4.78, 5) is 5.46. The first-order chi connectivity index (χ1) is 22.5. The lowest BCUT2D eigenvalue weighted by Crippen LogP contribution is -2.07. The average molecular weight is 697 g/mol. The van der Waals surface area contributed by atoms with E-state index in [0.29, 0.717) is 69.0 Å². The van der Waals surface area contributed by atoms with Gasteiger partial charge in [0, 0.05) is 0 Å². The van der Waals surface area contributed by atoms with Crippen molar-refractivity contribution in [3.63, 3.8) is 0 Å². The molecular weight excluding hydrogens is 657 g/mol. The molecule has 0 aliphatic carbocycles. The average Bonchev–Trinajstić information content (AvgIpc) is 3.08. The van der Waals surface area contributed by atoms with Gasteiger partial charge < -0.3 is 18.9 Å². The zero-order valence-electron chi connectivity index (χ0n) is 26.7. The largest absolute Gasteiger partial charge is 0.491 e. The summed E-state index contributed by atoms with van der Waals surface area (Å²) in [5.41, 5.74) is 0. The monoisotopic (exact) mass is 696 g/mol. The highest BCUT2D eigenvalue weighted by atomic mass is 32.2. The minimum atomic E-state index is -1.62. The van der Waals surface area contributed by atoms with E-state index in [9.17, 15) is 8.42 Å². The molecule has 1 aliphatic rings. The summed E-state index contributed by atoms with van der Waals surface area (Å²) in [6.07, 6.45) is 3.17. The van der Waals surface area contributed by atoms with Crippen LogP contribution in [0.25, 0.3) is 0 Å². The van der Waals surface area contributed by atoms with E-state index in [1.807, 2.05) is 100 Å². The lowest BCUT2D eigenvalue weighted by molar-refractivity contribution is 0.298. The Bertz CT molecular complexity index is 1460. The maximum atomic E-state index is 14.6. The molecule has 8 bridgehead atoms. The van der Waals surface area contributed by atoms with Crippen molar-refractivity contribution in [2.24, 2.45) is 0 Å². The molecule has 4 aromatic rings. The molecule has 0 aromatic heterocycles. The fourth-order valence-corrected chi connectivity index (χ4v) is 9.74. The molecule has 0 amide bonds. The second-order valence-corrected chi connectivity index (χ2v) is 15.5. The minimum Gasteiger partial charge on any atom is -0.491 e. The van der Waals surface area contributed by atoms with Gasteiger partial charge >= 0.3 is 0 Å². The fraction of sp³-hybridized carbons (Fsp3) is 0.333. The molecule has 0 saturated carbocycles. The van der Waals surface area contributed by atoms with Gasteiger partial charge in [0.2, 0.25) is 0 Å². The van der Waals surface area contributed by atoms with E-state index in [0.717, 1.165) is 45.3 Å². The van der Waals surface area contributed by atoms with Crippen LogP contribution in [0.15, 0.2) is 112 Å². The number of rotatable bonds is 12. The van der Waals surface area contributed by atoms with Gasteiger partial charge in [0.05, 0.1) is 87.2 Å². The molecule has 10 heteroatoms. The molecular formula is C36H40O6S4. The van der Waals surface area contributed by atoms with Crippen LogP contribution in [-0.4, -0.2) is 34.8 Å². The van der Waals surface area contributed by atoms with Gasteiger partial charge in [-0.1, -0.05) is 75.5 Å². The van der Waals surface area contributed by atoms with E-state index in [1.165, 1.54) is 23.5 Å². The Morgan fingerprint density at radius 2 is 0.674 bits per heavy atom. The second-order valence-electron chi connectivity index (χ2n) is 10.5. The standard InChI is InChI=1S/C36H40O6S4/c1-5-21-39-33-25-13-9-17-29(33)45(37)30-18-11-15-27(35(30)41-23-7-3)44-28-16-12-20-32(36(28)42-24-8-4)46(38)31-19-10-14-26(43-25)34(31)40-22-6-2/h9-20H,5-8,21-24H2,1-4H3. The van der Waals surface area contributed by atoms with E-state index >= 15 is 0 Å². The molecule has 244 valence electrons. The number of para-hydroxylation sites is 4. The predicted molar refractivity (Wildman–Crippen MR) is 187 cm³/mol.